The van der Waals surface area contributed by atoms with Gasteiger partial charge in [0.15, 0.2) is 0 Å². The second-order valence-corrected chi connectivity index (χ2v) is 17.4. The van der Waals surface area contributed by atoms with Gasteiger partial charge in [-0.2, -0.15) is 0 Å². The Morgan fingerprint density at radius 1 is 0.273 bits per heavy atom. The van der Waals surface area contributed by atoms with E-state index in [1.54, 1.807) is 0 Å². The molecule has 66 heavy (non-hydrogen) atoms. The lowest BCUT2D eigenvalue weighted by Gasteiger charge is -2.18. The van der Waals surface area contributed by atoms with E-state index < -0.39 is 0 Å². The quantitative estimate of drug-likeness (QED) is 0.158. The summed E-state index contributed by atoms with van der Waals surface area (Å²) in [6.07, 6.45) is 0. The molecule has 0 spiro atoms. The fourth-order valence-corrected chi connectivity index (χ4v) is 11.3. The van der Waals surface area contributed by atoms with E-state index >= 15 is 0 Å². The largest absolute Gasteiger partial charge is 0.455 e. The molecule has 2 heterocycles. The highest BCUT2D eigenvalue weighted by Gasteiger charge is 2.24. The normalized spacial score (nSPS) is 11.9. The smallest absolute Gasteiger partial charge is 0.143 e. The summed E-state index contributed by atoms with van der Waals surface area (Å²) in [7, 11) is 0. The van der Waals surface area contributed by atoms with Crippen molar-refractivity contribution in [3.63, 3.8) is 0 Å². The third-order valence-corrected chi connectivity index (χ3v) is 14.0. The highest BCUT2D eigenvalue weighted by Crippen LogP contribution is 2.50. The lowest BCUT2D eigenvalue weighted by Crippen LogP contribution is -1.94. The number of fused-ring (bicyclic) bond motifs is 10. The summed E-state index contributed by atoms with van der Waals surface area (Å²) in [5, 5.41) is 14.5. The molecule has 0 saturated heterocycles. The third-order valence-electron chi connectivity index (χ3n) is 14.0. The average Bonchev–Trinajstić information content (AvgIpc) is 3.93. The van der Waals surface area contributed by atoms with Crippen LogP contribution in [0, 0.1) is 0 Å². The van der Waals surface area contributed by atoms with Gasteiger partial charge in [-0.1, -0.05) is 200 Å². The van der Waals surface area contributed by atoms with Crippen LogP contribution in [0.25, 0.3) is 137 Å². The van der Waals surface area contributed by atoms with Crippen LogP contribution in [0.2, 0.25) is 0 Å². The van der Waals surface area contributed by atoms with Crippen molar-refractivity contribution in [2.45, 2.75) is 0 Å². The van der Waals surface area contributed by atoms with Crippen LogP contribution in [-0.2, 0) is 0 Å². The summed E-state index contributed by atoms with van der Waals surface area (Å²) < 4.78 is 9.59. The molecular weight excluding hydrogens is 799 g/mol. The van der Waals surface area contributed by atoms with Gasteiger partial charge in [-0.15, -0.1) is 0 Å². The summed E-state index contributed by atoms with van der Waals surface area (Å²) in [5.74, 6) is 0. The molecule has 0 aliphatic heterocycles. The standard InChI is InChI=1S/C64H39NO/c1-3-19-40(20-4-1)59-44-23-7-9-25-46(44)60(47-26-10-8-24-45(47)59)41-37-38-43-52-32-17-34-55(64(52)66-58(43)39-41)62-50-29-13-11-27-48(50)61(49-28-12-14-30-51(49)62)54-33-18-36-57-63(54)53-31-15-16-35-56(53)65(57)42-21-5-2-6-22-42/h1-39H. The van der Waals surface area contributed by atoms with Gasteiger partial charge in [-0.05, 0) is 113 Å². The van der Waals surface area contributed by atoms with Crippen molar-refractivity contribution in [1.29, 1.82) is 0 Å². The molecule has 0 fully saturated rings. The minimum atomic E-state index is 0.877. The van der Waals surface area contributed by atoms with E-state index in [-0.39, 0.29) is 0 Å². The monoisotopic (exact) mass is 837 g/mol. The highest BCUT2D eigenvalue weighted by atomic mass is 16.3. The van der Waals surface area contributed by atoms with Gasteiger partial charge in [0.05, 0.1) is 11.0 Å². The molecule has 0 radical (unpaired) electrons. The Balaban J connectivity index is 1.01. The third kappa shape index (κ3) is 5.30. The van der Waals surface area contributed by atoms with E-state index in [0.717, 1.165) is 38.8 Å². The predicted molar refractivity (Wildman–Crippen MR) is 280 cm³/mol. The maximum atomic E-state index is 7.18. The molecule has 2 nitrogen and oxygen atoms in total. The van der Waals surface area contributed by atoms with Crippen LogP contribution in [0.3, 0.4) is 0 Å². The molecule has 0 atom stereocenters. The Morgan fingerprint density at radius 2 is 0.712 bits per heavy atom. The Kier molecular flexibility index (Phi) is 8.02. The second kappa shape index (κ2) is 14.4. The first-order valence-corrected chi connectivity index (χ1v) is 22.8. The number of para-hydroxylation sites is 3. The Morgan fingerprint density at radius 3 is 1.32 bits per heavy atom. The fraction of sp³-hybridized carbons (Fsp3) is 0. The second-order valence-electron chi connectivity index (χ2n) is 17.4. The summed E-state index contributed by atoms with van der Waals surface area (Å²) in [6.45, 7) is 0. The first kappa shape index (κ1) is 36.7. The fourth-order valence-electron chi connectivity index (χ4n) is 11.3. The molecule has 2 heteroatoms. The van der Waals surface area contributed by atoms with Crippen molar-refractivity contribution in [2.24, 2.45) is 0 Å². The number of benzene rings is 12. The molecule has 2 aromatic heterocycles. The van der Waals surface area contributed by atoms with E-state index in [2.05, 4.69) is 241 Å². The number of rotatable bonds is 5. The van der Waals surface area contributed by atoms with Crippen molar-refractivity contribution >= 4 is 86.8 Å². The zero-order valence-electron chi connectivity index (χ0n) is 35.9. The first-order chi connectivity index (χ1) is 32.8. The van der Waals surface area contributed by atoms with Gasteiger partial charge in [0.25, 0.3) is 0 Å². The summed E-state index contributed by atoms with van der Waals surface area (Å²) in [4.78, 5) is 0. The molecule has 306 valence electrons. The van der Waals surface area contributed by atoms with Gasteiger partial charge in [-0.25, -0.2) is 0 Å². The molecule has 0 N–H and O–H groups in total. The van der Waals surface area contributed by atoms with Crippen molar-refractivity contribution in [3.8, 4) is 50.2 Å². The maximum absolute atomic E-state index is 7.18. The number of hydrogen-bond donors (Lipinski definition) is 0. The Bertz CT molecular complexity index is 4160. The van der Waals surface area contributed by atoms with E-state index in [1.807, 2.05) is 0 Å². The molecular formula is C64H39NO. The van der Waals surface area contributed by atoms with Crippen LogP contribution in [0.15, 0.2) is 241 Å². The van der Waals surface area contributed by atoms with E-state index in [0.29, 0.717) is 0 Å². The van der Waals surface area contributed by atoms with Crippen LogP contribution in [0.1, 0.15) is 0 Å². The molecule has 0 bridgehead atoms. The summed E-state index contributed by atoms with van der Waals surface area (Å²) in [6, 6.07) is 86.2. The minimum absolute atomic E-state index is 0.877. The molecule has 12 aromatic carbocycles. The van der Waals surface area contributed by atoms with Crippen LogP contribution < -0.4 is 0 Å². The van der Waals surface area contributed by atoms with Gasteiger partial charge in [0.2, 0.25) is 0 Å². The molecule has 0 unspecified atom stereocenters. The summed E-state index contributed by atoms with van der Waals surface area (Å²) >= 11 is 0. The van der Waals surface area contributed by atoms with Gasteiger partial charge in [0, 0.05) is 38.4 Å². The van der Waals surface area contributed by atoms with Gasteiger partial charge in [-0.3, -0.25) is 0 Å². The average molecular weight is 838 g/mol. The molecule has 0 aliphatic rings. The number of aromatic nitrogens is 1. The van der Waals surface area contributed by atoms with E-state index in [1.165, 1.54) is 98.3 Å². The van der Waals surface area contributed by atoms with Crippen molar-refractivity contribution in [2.75, 3.05) is 0 Å². The number of nitrogens with zero attached hydrogens (tertiary/aromatic N) is 1. The van der Waals surface area contributed by atoms with Crippen LogP contribution >= 0.6 is 0 Å². The molecule has 0 amide bonds. The zero-order chi connectivity index (χ0) is 43.3. The Hall–Kier alpha value is -8.72. The van der Waals surface area contributed by atoms with Crippen molar-refractivity contribution in [1.82, 2.24) is 4.57 Å². The van der Waals surface area contributed by atoms with Gasteiger partial charge in [0.1, 0.15) is 11.2 Å². The summed E-state index contributed by atoms with van der Waals surface area (Å²) in [5.41, 5.74) is 14.9. The SMILES string of the molecule is c1ccc(-c2c3ccccc3c(-c3ccc4c(c3)oc3c(-c5c6ccccc6c(-c6cccc7c6c6ccccc6n7-c6ccccc6)c6ccccc56)cccc34)c3ccccc23)cc1. The van der Waals surface area contributed by atoms with Crippen LogP contribution in [0.4, 0.5) is 0 Å². The van der Waals surface area contributed by atoms with E-state index in [9.17, 15) is 0 Å². The lowest BCUT2D eigenvalue weighted by molar-refractivity contribution is 0.670. The maximum Gasteiger partial charge on any atom is 0.143 e. The van der Waals surface area contributed by atoms with Crippen molar-refractivity contribution in [3.05, 3.63) is 237 Å². The zero-order valence-corrected chi connectivity index (χ0v) is 35.9. The first-order valence-electron chi connectivity index (χ1n) is 22.8. The topological polar surface area (TPSA) is 18.1 Å². The number of hydrogen-bond acceptors (Lipinski definition) is 1. The molecule has 14 rings (SSSR count). The lowest BCUT2D eigenvalue weighted by atomic mass is 9.84. The predicted octanol–water partition coefficient (Wildman–Crippen LogP) is 18.0. The minimum Gasteiger partial charge on any atom is -0.455 e. The molecule has 14 aromatic rings. The van der Waals surface area contributed by atoms with E-state index in [4.69, 9.17) is 4.42 Å². The molecule has 0 saturated carbocycles. The van der Waals surface area contributed by atoms with Gasteiger partial charge < -0.3 is 8.98 Å². The Labute approximate surface area is 380 Å². The van der Waals surface area contributed by atoms with Gasteiger partial charge >= 0.3 is 0 Å². The highest BCUT2D eigenvalue weighted by molar-refractivity contribution is 6.28. The van der Waals surface area contributed by atoms with Crippen molar-refractivity contribution < 1.29 is 4.42 Å². The van der Waals surface area contributed by atoms with Crippen LogP contribution in [0.5, 0.6) is 0 Å². The van der Waals surface area contributed by atoms with Crippen LogP contribution in [-0.4, -0.2) is 4.57 Å². The number of furan rings is 1. The molecule has 0 aliphatic carbocycles.